The highest BCUT2D eigenvalue weighted by molar-refractivity contribution is 7.94. The first-order chi connectivity index (χ1) is 14.2. The van der Waals surface area contributed by atoms with Crippen LogP contribution in [-0.4, -0.2) is 8.42 Å². The molecule has 4 aromatic rings. The van der Waals surface area contributed by atoms with Gasteiger partial charge in [0.1, 0.15) is 15.6 Å². The molecule has 1 N–H and O–H groups in total. The lowest BCUT2D eigenvalue weighted by atomic mass is 9.71. The Kier molecular flexibility index (Phi) is 4.49. The lowest BCUT2D eigenvalue weighted by Crippen LogP contribution is -2.26. The smallest absolute Gasteiger partial charge is 0.271 e. The van der Waals surface area contributed by atoms with Crippen molar-refractivity contribution in [3.05, 3.63) is 59.2 Å². The molecule has 1 atom stereocenters. The standard InChI is InChI=1S/C24H25NO3S2/c1-24(2,3)15-10-11-21-18(13-15)19-14-20(25-30(26,27)22-9-6-12-29-22)16-7-4-5-8-17(16)23(19)28-21/h4-9,12,14-15,25H,10-11,13H2,1-3H3/t15-/m1/s1. The number of fused-ring (bicyclic) bond motifs is 5. The zero-order valence-electron chi connectivity index (χ0n) is 17.4. The Balaban J connectivity index is 1.70. The van der Waals surface area contributed by atoms with E-state index in [0.717, 1.165) is 46.8 Å². The highest BCUT2D eigenvalue weighted by Gasteiger charge is 2.32. The average Bonchev–Trinajstić information content (AvgIpc) is 3.35. The lowest BCUT2D eigenvalue weighted by Gasteiger charge is -2.33. The molecule has 0 radical (unpaired) electrons. The van der Waals surface area contributed by atoms with E-state index in [1.54, 1.807) is 17.5 Å². The fourth-order valence-corrected chi connectivity index (χ4v) is 6.60. The summed E-state index contributed by atoms with van der Waals surface area (Å²) in [4.78, 5) is 0. The number of aryl methyl sites for hydroxylation is 1. The molecule has 0 spiro atoms. The fourth-order valence-electron chi connectivity index (χ4n) is 4.53. The Bertz CT molecular complexity index is 1340. The minimum absolute atomic E-state index is 0.224. The number of rotatable bonds is 3. The Labute approximate surface area is 181 Å². The van der Waals surface area contributed by atoms with E-state index in [1.807, 2.05) is 30.3 Å². The average molecular weight is 440 g/mol. The van der Waals surface area contributed by atoms with E-state index in [-0.39, 0.29) is 5.41 Å². The van der Waals surface area contributed by atoms with Gasteiger partial charge in [-0.25, -0.2) is 8.42 Å². The summed E-state index contributed by atoms with van der Waals surface area (Å²) in [5, 5.41) is 4.60. The molecule has 0 saturated carbocycles. The van der Waals surface area contributed by atoms with Crippen LogP contribution in [0.2, 0.25) is 0 Å². The van der Waals surface area contributed by atoms with Gasteiger partial charge >= 0.3 is 0 Å². The van der Waals surface area contributed by atoms with E-state index in [0.29, 0.717) is 15.8 Å². The van der Waals surface area contributed by atoms with Gasteiger partial charge in [-0.05, 0) is 41.7 Å². The summed E-state index contributed by atoms with van der Waals surface area (Å²) >= 11 is 1.22. The highest BCUT2D eigenvalue weighted by atomic mass is 32.2. The molecule has 2 heterocycles. The molecule has 1 aliphatic rings. The van der Waals surface area contributed by atoms with E-state index in [2.05, 4.69) is 25.5 Å². The number of hydrogen-bond donors (Lipinski definition) is 1. The highest BCUT2D eigenvalue weighted by Crippen LogP contribution is 2.44. The Morgan fingerprint density at radius 3 is 2.53 bits per heavy atom. The number of furan rings is 1. The second kappa shape index (κ2) is 6.86. The van der Waals surface area contributed by atoms with Crippen LogP contribution in [0.4, 0.5) is 5.69 Å². The molecule has 0 fully saturated rings. The molecule has 0 bridgehead atoms. The zero-order chi connectivity index (χ0) is 21.1. The van der Waals surface area contributed by atoms with E-state index < -0.39 is 10.0 Å². The number of hydrogen-bond acceptors (Lipinski definition) is 4. The van der Waals surface area contributed by atoms with Gasteiger partial charge in [-0.2, -0.15) is 0 Å². The summed E-state index contributed by atoms with van der Waals surface area (Å²) in [7, 11) is -3.63. The maximum atomic E-state index is 12.9. The topological polar surface area (TPSA) is 59.3 Å². The second-order valence-corrected chi connectivity index (χ2v) is 12.1. The predicted molar refractivity (Wildman–Crippen MR) is 124 cm³/mol. The third-order valence-corrected chi connectivity index (χ3v) is 9.04. The molecule has 2 aromatic carbocycles. The fraction of sp³-hybridized carbons (Fsp3) is 0.333. The van der Waals surface area contributed by atoms with Crippen LogP contribution in [0, 0.1) is 11.3 Å². The van der Waals surface area contributed by atoms with Gasteiger partial charge in [0.05, 0.1) is 5.69 Å². The van der Waals surface area contributed by atoms with Crippen LogP contribution in [0.3, 0.4) is 0 Å². The molecule has 0 aliphatic heterocycles. The molecule has 0 saturated heterocycles. The summed E-state index contributed by atoms with van der Waals surface area (Å²) < 4.78 is 35.4. The van der Waals surface area contributed by atoms with Crippen LogP contribution in [0.25, 0.3) is 21.7 Å². The van der Waals surface area contributed by atoms with Crippen molar-refractivity contribution < 1.29 is 12.8 Å². The van der Waals surface area contributed by atoms with Gasteiger partial charge in [0, 0.05) is 28.1 Å². The van der Waals surface area contributed by atoms with Crippen LogP contribution < -0.4 is 4.72 Å². The third kappa shape index (κ3) is 3.22. The first-order valence-corrected chi connectivity index (χ1v) is 12.6. The maximum absolute atomic E-state index is 12.9. The van der Waals surface area contributed by atoms with E-state index in [4.69, 9.17) is 4.42 Å². The molecule has 0 amide bonds. The van der Waals surface area contributed by atoms with E-state index in [9.17, 15) is 8.42 Å². The number of sulfonamides is 1. The quantitative estimate of drug-likeness (QED) is 0.391. The first kappa shape index (κ1) is 19.6. The maximum Gasteiger partial charge on any atom is 0.271 e. The second-order valence-electron chi connectivity index (χ2n) is 9.19. The zero-order valence-corrected chi connectivity index (χ0v) is 19.0. The monoisotopic (exact) mass is 439 g/mol. The SMILES string of the molecule is CC(C)(C)[C@@H]1CCc2oc3c(cc(NS(=O)(=O)c4cccs4)c4ccccc43)c2C1. The first-order valence-electron chi connectivity index (χ1n) is 10.3. The molecule has 30 heavy (non-hydrogen) atoms. The van der Waals surface area contributed by atoms with Gasteiger partial charge in [0.25, 0.3) is 10.0 Å². The largest absolute Gasteiger partial charge is 0.460 e. The minimum Gasteiger partial charge on any atom is -0.460 e. The summed E-state index contributed by atoms with van der Waals surface area (Å²) in [6, 6.07) is 13.2. The van der Waals surface area contributed by atoms with Gasteiger partial charge in [-0.1, -0.05) is 51.1 Å². The summed E-state index contributed by atoms with van der Waals surface area (Å²) in [5.41, 5.74) is 2.93. The van der Waals surface area contributed by atoms with Gasteiger partial charge < -0.3 is 4.42 Å². The van der Waals surface area contributed by atoms with Crippen molar-refractivity contribution in [2.75, 3.05) is 4.72 Å². The van der Waals surface area contributed by atoms with Crippen LogP contribution in [0.15, 0.2) is 56.5 Å². The molecule has 4 nitrogen and oxygen atoms in total. The molecular weight excluding hydrogens is 414 g/mol. The molecule has 2 aromatic heterocycles. The number of thiophene rings is 1. The van der Waals surface area contributed by atoms with E-state index in [1.165, 1.54) is 16.9 Å². The Morgan fingerprint density at radius 2 is 1.83 bits per heavy atom. The summed E-state index contributed by atoms with van der Waals surface area (Å²) in [6.45, 7) is 6.88. The van der Waals surface area contributed by atoms with Crippen molar-refractivity contribution in [3.8, 4) is 0 Å². The normalized spacial score (nSPS) is 17.4. The molecule has 1 aliphatic carbocycles. The number of nitrogens with one attached hydrogen (secondary N) is 1. The number of benzene rings is 2. The summed E-state index contributed by atoms with van der Waals surface area (Å²) in [6.07, 6.45) is 3.00. The van der Waals surface area contributed by atoms with Crippen LogP contribution in [0.1, 0.15) is 38.5 Å². The van der Waals surface area contributed by atoms with Gasteiger partial charge in [-0.15, -0.1) is 11.3 Å². The predicted octanol–water partition coefficient (Wildman–Crippen LogP) is 6.60. The lowest BCUT2D eigenvalue weighted by molar-refractivity contribution is 0.210. The molecule has 5 rings (SSSR count). The molecule has 6 heteroatoms. The van der Waals surface area contributed by atoms with E-state index >= 15 is 0 Å². The van der Waals surface area contributed by atoms with Crippen molar-refractivity contribution in [2.45, 2.75) is 44.2 Å². The van der Waals surface area contributed by atoms with Crippen molar-refractivity contribution in [2.24, 2.45) is 11.3 Å². The van der Waals surface area contributed by atoms with Crippen LogP contribution in [-0.2, 0) is 22.9 Å². The van der Waals surface area contributed by atoms with Gasteiger partial charge in [0.2, 0.25) is 0 Å². The Hall–Kier alpha value is -2.31. The molecule has 0 unspecified atom stereocenters. The molecular formula is C24H25NO3S2. The van der Waals surface area contributed by atoms with Crippen molar-refractivity contribution in [1.82, 2.24) is 0 Å². The number of anilines is 1. The van der Waals surface area contributed by atoms with Crippen LogP contribution >= 0.6 is 11.3 Å². The van der Waals surface area contributed by atoms with Crippen molar-refractivity contribution in [1.29, 1.82) is 0 Å². The summed E-state index contributed by atoms with van der Waals surface area (Å²) in [5.74, 6) is 1.62. The van der Waals surface area contributed by atoms with Crippen molar-refractivity contribution >= 4 is 48.8 Å². The van der Waals surface area contributed by atoms with Crippen LogP contribution in [0.5, 0.6) is 0 Å². The third-order valence-electron chi connectivity index (χ3n) is 6.28. The van der Waals surface area contributed by atoms with Gasteiger partial charge in [0.15, 0.2) is 0 Å². The molecule has 156 valence electrons. The Morgan fingerprint density at radius 1 is 1.07 bits per heavy atom. The van der Waals surface area contributed by atoms with Gasteiger partial charge in [-0.3, -0.25) is 4.72 Å². The minimum atomic E-state index is -3.63. The van der Waals surface area contributed by atoms with Crippen molar-refractivity contribution in [3.63, 3.8) is 0 Å².